The van der Waals surface area contributed by atoms with Crippen molar-refractivity contribution in [3.63, 3.8) is 0 Å². The van der Waals surface area contributed by atoms with E-state index in [-0.39, 0.29) is 6.04 Å². The first kappa shape index (κ1) is 17.5. The van der Waals surface area contributed by atoms with Crippen LogP contribution in [0.1, 0.15) is 24.4 Å². The number of rotatable bonds is 6. The molecule has 0 fully saturated rings. The fourth-order valence-electron chi connectivity index (χ4n) is 2.57. The van der Waals surface area contributed by atoms with Gasteiger partial charge in [0.15, 0.2) is 0 Å². The SMILES string of the molecule is COc1cccc(C(C)N(C)Cc2nc(-c3cccc(Cl)c3)no2)c1. The smallest absolute Gasteiger partial charge is 0.241 e. The standard InChI is InChI=1S/C19H20ClN3O2/c1-13(14-6-5-9-17(11-14)24-3)23(2)12-18-21-19(22-25-18)15-7-4-8-16(20)10-15/h4-11,13H,12H2,1-3H3. The van der Waals surface area contributed by atoms with Gasteiger partial charge in [-0.15, -0.1) is 0 Å². The van der Waals surface area contributed by atoms with Crippen LogP contribution in [-0.2, 0) is 6.54 Å². The lowest BCUT2D eigenvalue weighted by Crippen LogP contribution is -2.22. The Morgan fingerprint density at radius 1 is 1.20 bits per heavy atom. The molecule has 0 bridgehead atoms. The molecule has 5 nitrogen and oxygen atoms in total. The molecule has 2 aromatic carbocycles. The molecule has 0 spiro atoms. The minimum Gasteiger partial charge on any atom is -0.497 e. The monoisotopic (exact) mass is 357 g/mol. The molecule has 3 aromatic rings. The molecule has 3 rings (SSSR count). The first-order chi connectivity index (χ1) is 12.1. The lowest BCUT2D eigenvalue weighted by Gasteiger charge is -2.23. The third-order valence-electron chi connectivity index (χ3n) is 4.17. The summed E-state index contributed by atoms with van der Waals surface area (Å²) >= 11 is 6.02. The Kier molecular flexibility index (Phi) is 5.36. The minimum atomic E-state index is 0.177. The molecule has 0 amide bonds. The third kappa shape index (κ3) is 4.18. The van der Waals surface area contributed by atoms with Crippen molar-refractivity contribution in [2.75, 3.05) is 14.2 Å². The quantitative estimate of drug-likeness (QED) is 0.645. The Labute approximate surface area is 152 Å². The van der Waals surface area contributed by atoms with Crippen molar-refractivity contribution in [2.24, 2.45) is 0 Å². The summed E-state index contributed by atoms with van der Waals surface area (Å²) in [6.07, 6.45) is 0. The second-order valence-corrected chi connectivity index (χ2v) is 6.33. The zero-order valence-corrected chi connectivity index (χ0v) is 15.2. The number of halogens is 1. The van der Waals surface area contributed by atoms with Crippen molar-refractivity contribution in [2.45, 2.75) is 19.5 Å². The summed E-state index contributed by atoms with van der Waals surface area (Å²) in [5.74, 6) is 1.95. The van der Waals surface area contributed by atoms with Crippen LogP contribution in [0.15, 0.2) is 53.1 Å². The van der Waals surface area contributed by atoms with Crippen LogP contribution in [0.4, 0.5) is 0 Å². The van der Waals surface area contributed by atoms with Crippen LogP contribution in [0.2, 0.25) is 5.02 Å². The first-order valence-corrected chi connectivity index (χ1v) is 8.37. The fourth-order valence-corrected chi connectivity index (χ4v) is 2.76. The van der Waals surface area contributed by atoms with Gasteiger partial charge >= 0.3 is 0 Å². The van der Waals surface area contributed by atoms with E-state index in [2.05, 4.69) is 28.0 Å². The van der Waals surface area contributed by atoms with E-state index >= 15 is 0 Å². The molecular weight excluding hydrogens is 338 g/mol. The maximum absolute atomic E-state index is 6.02. The Hall–Kier alpha value is -2.37. The van der Waals surface area contributed by atoms with E-state index in [1.807, 2.05) is 49.5 Å². The molecule has 0 aliphatic carbocycles. The van der Waals surface area contributed by atoms with Gasteiger partial charge in [-0.2, -0.15) is 4.98 Å². The Balaban J connectivity index is 1.71. The van der Waals surface area contributed by atoms with Crippen molar-refractivity contribution in [3.05, 3.63) is 65.0 Å². The van der Waals surface area contributed by atoms with Crippen molar-refractivity contribution in [3.8, 4) is 17.1 Å². The van der Waals surface area contributed by atoms with Crippen molar-refractivity contribution < 1.29 is 9.26 Å². The van der Waals surface area contributed by atoms with Crippen LogP contribution >= 0.6 is 11.6 Å². The molecule has 6 heteroatoms. The zero-order valence-electron chi connectivity index (χ0n) is 14.4. The maximum Gasteiger partial charge on any atom is 0.241 e. The molecule has 0 aliphatic rings. The summed E-state index contributed by atoms with van der Waals surface area (Å²) < 4.78 is 10.7. The van der Waals surface area contributed by atoms with Gasteiger partial charge in [0.05, 0.1) is 13.7 Å². The molecule has 1 heterocycles. The highest BCUT2D eigenvalue weighted by molar-refractivity contribution is 6.30. The van der Waals surface area contributed by atoms with Gasteiger partial charge in [-0.3, -0.25) is 4.90 Å². The predicted molar refractivity (Wildman–Crippen MR) is 97.6 cm³/mol. The summed E-state index contributed by atoms with van der Waals surface area (Å²) in [6.45, 7) is 2.68. The predicted octanol–water partition coefficient (Wildman–Crippen LogP) is 4.59. The third-order valence-corrected chi connectivity index (χ3v) is 4.41. The van der Waals surface area contributed by atoms with Crippen molar-refractivity contribution in [1.29, 1.82) is 0 Å². The van der Waals surface area contributed by atoms with Gasteiger partial charge in [-0.1, -0.05) is 41.0 Å². The number of hydrogen-bond acceptors (Lipinski definition) is 5. The fraction of sp³-hybridized carbons (Fsp3) is 0.263. The van der Waals surface area contributed by atoms with E-state index in [9.17, 15) is 0 Å². The summed E-state index contributed by atoms with van der Waals surface area (Å²) in [6, 6.07) is 15.6. The summed E-state index contributed by atoms with van der Waals surface area (Å²) in [7, 11) is 3.69. The van der Waals surface area contributed by atoms with Crippen LogP contribution in [0.3, 0.4) is 0 Å². The van der Waals surface area contributed by atoms with Crippen molar-refractivity contribution in [1.82, 2.24) is 15.0 Å². The largest absolute Gasteiger partial charge is 0.497 e. The van der Waals surface area contributed by atoms with Gasteiger partial charge in [0.2, 0.25) is 11.7 Å². The second-order valence-electron chi connectivity index (χ2n) is 5.89. The minimum absolute atomic E-state index is 0.177. The van der Waals surface area contributed by atoms with Crippen LogP contribution < -0.4 is 4.74 Å². The number of benzene rings is 2. The van der Waals surface area contributed by atoms with E-state index in [1.54, 1.807) is 7.11 Å². The number of hydrogen-bond donors (Lipinski definition) is 0. The average Bonchev–Trinajstić information content (AvgIpc) is 3.09. The van der Waals surface area contributed by atoms with Crippen LogP contribution in [0, 0.1) is 0 Å². The van der Waals surface area contributed by atoms with Gasteiger partial charge in [0.25, 0.3) is 0 Å². The molecule has 0 N–H and O–H groups in total. The lowest BCUT2D eigenvalue weighted by molar-refractivity contribution is 0.216. The summed E-state index contributed by atoms with van der Waals surface area (Å²) in [4.78, 5) is 6.61. The van der Waals surface area contributed by atoms with E-state index in [4.69, 9.17) is 20.9 Å². The molecule has 0 radical (unpaired) electrons. The zero-order chi connectivity index (χ0) is 17.8. The highest BCUT2D eigenvalue weighted by Gasteiger charge is 2.16. The van der Waals surface area contributed by atoms with Gasteiger partial charge in [-0.05, 0) is 43.8 Å². The average molecular weight is 358 g/mol. The Morgan fingerprint density at radius 3 is 2.76 bits per heavy atom. The topological polar surface area (TPSA) is 51.4 Å². The Bertz CT molecular complexity index is 850. The maximum atomic E-state index is 6.02. The number of methoxy groups -OCH3 is 1. The normalized spacial score (nSPS) is 12.4. The highest BCUT2D eigenvalue weighted by Crippen LogP contribution is 2.25. The molecule has 0 saturated carbocycles. The molecule has 1 unspecified atom stereocenters. The molecule has 1 aromatic heterocycles. The summed E-state index contributed by atoms with van der Waals surface area (Å²) in [5.41, 5.74) is 2.00. The van der Waals surface area contributed by atoms with E-state index in [1.165, 1.54) is 0 Å². The summed E-state index contributed by atoms with van der Waals surface area (Å²) in [5, 5.41) is 4.69. The van der Waals surface area contributed by atoms with Gasteiger partial charge in [-0.25, -0.2) is 0 Å². The van der Waals surface area contributed by atoms with Crippen LogP contribution in [0.25, 0.3) is 11.4 Å². The molecule has 1 atom stereocenters. The van der Waals surface area contributed by atoms with E-state index < -0.39 is 0 Å². The van der Waals surface area contributed by atoms with Gasteiger partial charge in [0.1, 0.15) is 5.75 Å². The molecule has 0 saturated heterocycles. The van der Waals surface area contributed by atoms with Crippen LogP contribution in [-0.4, -0.2) is 29.2 Å². The van der Waals surface area contributed by atoms with E-state index in [0.29, 0.717) is 23.3 Å². The Morgan fingerprint density at radius 2 is 2.00 bits per heavy atom. The molecule has 130 valence electrons. The van der Waals surface area contributed by atoms with Gasteiger partial charge < -0.3 is 9.26 Å². The van der Waals surface area contributed by atoms with Gasteiger partial charge in [0, 0.05) is 16.6 Å². The highest BCUT2D eigenvalue weighted by atomic mass is 35.5. The molecule has 25 heavy (non-hydrogen) atoms. The lowest BCUT2D eigenvalue weighted by atomic mass is 10.1. The van der Waals surface area contributed by atoms with E-state index in [0.717, 1.165) is 16.9 Å². The number of aromatic nitrogens is 2. The molecule has 0 aliphatic heterocycles. The first-order valence-electron chi connectivity index (χ1n) is 7.99. The molecular formula is C19H20ClN3O2. The number of nitrogens with zero attached hydrogens (tertiary/aromatic N) is 3. The van der Waals surface area contributed by atoms with Crippen molar-refractivity contribution >= 4 is 11.6 Å². The second kappa shape index (κ2) is 7.68. The number of ether oxygens (including phenoxy) is 1. The van der Waals surface area contributed by atoms with Crippen LogP contribution in [0.5, 0.6) is 5.75 Å².